The maximum absolute atomic E-state index is 11.2. The number of rotatable bonds is 6. The first-order valence-electron chi connectivity index (χ1n) is 4.16. The van der Waals surface area contributed by atoms with E-state index in [1.807, 2.05) is 13.8 Å². The van der Waals surface area contributed by atoms with Crippen LogP contribution in [0.1, 0.15) is 20.8 Å². The van der Waals surface area contributed by atoms with E-state index in [2.05, 4.69) is 0 Å². The molecule has 0 fully saturated rings. The monoisotopic (exact) mass is 188 g/mol. The fraction of sp³-hybridized carbons (Fsp3) is 0.625. The minimum Gasteiger partial charge on any atom is -0.392 e. The van der Waals surface area contributed by atoms with Crippen molar-refractivity contribution in [3.63, 3.8) is 0 Å². The SMILES string of the molecule is CC=CC(=O)[SiH](OCC)OCC. The van der Waals surface area contributed by atoms with Crippen LogP contribution in [0.15, 0.2) is 12.2 Å². The van der Waals surface area contributed by atoms with Gasteiger partial charge >= 0.3 is 9.28 Å². The molecular formula is C8H16O3Si. The van der Waals surface area contributed by atoms with Crippen molar-refractivity contribution in [1.29, 1.82) is 0 Å². The highest BCUT2D eigenvalue weighted by Gasteiger charge is 2.19. The summed E-state index contributed by atoms with van der Waals surface area (Å²) < 4.78 is 10.4. The van der Waals surface area contributed by atoms with Gasteiger partial charge in [0.15, 0.2) is 5.41 Å². The van der Waals surface area contributed by atoms with Gasteiger partial charge in [-0.15, -0.1) is 0 Å². The standard InChI is InChI=1S/C8H16O3Si/c1-4-7-8(9)12(10-5-2)11-6-3/h4,7,12H,5-6H2,1-3H3. The van der Waals surface area contributed by atoms with Gasteiger partial charge in [0.2, 0.25) is 0 Å². The Hall–Kier alpha value is -0.453. The van der Waals surface area contributed by atoms with Crippen LogP contribution < -0.4 is 0 Å². The van der Waals surface area contributed by atoms with E-state index >= 15 is 0 Å². The molecule has 0 unspecified atom stereocenters. The quantitative estimate of drug-likeness (QED) is 0.460. The molecule has 0 aliphatic carbocycles. The third-order valence-electron chi connectivity index (χ3n) is 1.20. The van der Waals surface area contributed by atoms with E-state index in [1.54, 1.807) is 13.0 Å². The normalized spacial score (nSPS) is 11.3. The molecule has 0 saturated heterocycles. The Morgan fingerprint density at radius 1 is 1.33 bits per heavy atom. The van der Waals surface area contributed by atoms with Gasteiger partial charge in [0.25, 0.3) is 0 Å². The lowest BCUT2D eigenvalue weighted by Crippen LogP contribution is -2.32. The average molecular weight is 188 g/mol. The highest BCUT2D eigenvalue weighted by atomic mass is 28.3. The maximum Gasteiger partial charge on any atom is 0.399 e. The molecule has 0 aliphatic rings. The summed E-state index contributed by atoms with van der Waals surface area (Å²) in [7, 11) is -2.07. The number of carbonyl (C=O) groups excluding carboxylic acids is 1. The molecule has 0 bridgehead atoms. The first kappa shape index (κ1) is 11.5. The Bertz CT molecular complexity index is 150. The van der Waals surface area contributed by atoms with Gasteiger partial charge in [0, 0.05) is 13.2 Å². The van der Waals surface area contributed by atoms with Crippen molar-refractivity contribution in [3.05, 3.63) is 12.2 Å². The lowest BCUT2D eigenvalue weighted by atomic mass is 10.6. The van der Waals surface area contributed by atoms with E-state index < -0.39 is 9.28 Å². The van der Waals surface area contributed by atoms with Gasteiger partial charge in [-0.3, -0.25) is 4.79 Å². The summed E-state index contributed by atoms with van der Waals surface area (Å²) in [6.07, 6.45) is 3.22. The van der Waals surface area contributed by atoms with Gasteiger partial charge in [0.05, 0.1) is 0 Å². The van der Waals surface area contributed by atoms with Gasteiger partial charge in [0.1, 0.15) is 0 Å². The van der Waals surface area contributed by atoms with Crippen molar-refractivity contribution >= 4 is 14.7 Å². The van der Waals surface area contributed by atoms with E-state index in [0.29, 0.717) is 13.2 Å². The molecule has 0 N–H and O–H groups in total. The van der Waals surface area contributed by atoms with Crippen LogP contribution in [-0.2, 0) is 13.6 Å². The summed E-state index contributed by atoms with van der Waals surface area (Å²) in [5.41, 5.74) is 0. The molecule has 0 aromatic carbocycles. The highest BCUT2D eigenvalue weighted by molar-refractivity contribution is 6.82. The summed E-state index contributed by atoms with van der Waals surface area (Å²) in [5.74, 6) is 0. The van der Waals surface area contributed by atoms with Crippen LogP contribution in [0.25, 0.3) is 0 Å². The second kappa shape index (κ2) is 7.21. The van der Waals surface area contributed by atoms with Crippen LogP contribution in [0, 0.1) is 0 Å². The fourth-order valence-electron chi connectivity index (χ4n) is 0.758. The second-order valence-corrected chi connectivity index (χ2v) is 4.04. The molecule has 70 valence electrons. The number of allylic oxidation sites excluding steroid dienone is 2. The second-order valence-electron chi connectivity index (χ2n) is 2.14. The van der Waals surface area contributed by atoms with Crippen LogP contribution in [0.5, 0.6) is 0 Å². The topological polar surface area (TPSA) is 35.5 Å². The third-order valence-corrected chi connectivity index (χ3v) is 3.13. The minimum absolute atomic E-state index is 0.00111. The van der Waals surface area contributed by atoms with Crippen molar-refractivity contribution in [1.82, 2.24) is 0 Å². The molecule has 0 heterocycles. The molecule has 0 saturated carbocycles. The zero-order chi connectivity index (χ0) is 9.40. The maximum atomic E-state index is 11.2. The molecule has 0 spiro atoms. The molecule has 0 amide bonds. The van der Waals surface area contributed by atoms with Crippen LogP contribution in [-0.4, -0.2) is 27.9 Å². The Labute approximate surface area is 75.2 Å². The summed E-state index contributed by atoms with van der Waals surface area (Å²) in [5, 5.41) is 0.00111. The van der Waals surface area contributed by atoms with Crippen LogP contribution in [0.2, 0.25) is 0 Å². The van der Waals surface area contributed by atoms with E-state index in [9.17, 15) is 4.79 Å². The zero-order valence-corrected chi connectivity index (χ0v) is 9.03. The molecule has 0 radical (unpaired) electrons. The van der Waals surface area contributed by atoms with Gasteiger partial charge in [-0.2, -0.15) is 0 Å². The Kier molecular flexibility index (Phi) is 6.94. The van der Waals surface area contributed by atoms with Crippen LogP contribution in [0.4, 0.5) is 0 Å². The highest BCUT2D eigenvalue weighted by Crippen LogP contribution is 1.93. The Morgan fingerprint density at radius 3 is 2.17 bits per heavy atom. The van der Waals surface area contributed by atoms with Crippen LogP contribution >= 0.6 is 0 Å². The predicted molar refractivity (Wildman–Crippen MR) is 50.2 cm³/mol. The third kappa shape index (κ3) is 4.43. The summed E-state index contributed by atoms with van der Waals surface area (Å²) >= 11 is 0. The first-order chi connectivity index (χ1) is 5.76. The molecule has 12 heavy (non-hydrogen) atoms. The largest absolute Gasteiger partial charge is 0.399 e. The minimum atomic E-state index is -2.07. The molecule has 3 nitrogen and oxygen atoms in total. The molecule has 0 aromatic heterocycles. The molecule has 0 aromatic rings. The molecule has 4 heteroatoms. The summed E-state index contributed by atoms with van der Waals surface area (Å²) in [4.78, 5) is 11.2. The molecule has 0 aliphatic heterocycles. The number of hydrogen-bond donors (Lipinski definition) is 0. The van der Waals surface area contributed by atoms with Gasteiger partial charge in [-0.05, 0) is 26.8 Å². The van der Waals surface area contributed by atoms with Crippen molar-refractivity contribution in [2.45, 2.75) is 20.8 Å². The molecule has 0 atom stereocenters. The summed E-state index contributed by atoms with van der Waals surface area (Å²) in [6.45, 7) is 6.62. The summed E-state index contributed by atoms with van der Waals surface area (Å²) in [6, 6.07) is 0. The van der Waals surface area contributed by atoms with Crippen LogP contribution in [0.3, 0.4) is 0 Å². The number of hydrogen-bond acceptors (Lipinski definition) is 3. The van der Waals surface area contributed by atoms with Crippen molar-refractivity contribution in [2.75, 3.05) is 13.2 Å². The van der Waals surface area contributed by atoms with E-state index in [1.165, 1.54) is 6.08 Å². The molecular weight excluding hydrogens is 172 g/mol. The van der Waals surface area contributed by atoms with Crippen molar-refractivity contribution < 1.29 is 13.6 Å². The van der Waals surface area contributed by atoms with E-state index in [4.69, 9.17) is 8.85 Å². The van der Waals surface area contributed by atoms with E-state index in [-0.39, 0.29) is 5.41 Å². The zero-order valence-electron chi connectivity index (χ0n) is 7.87. The van der Waals surface area contributed by atoms with Gasteiger partial charge < -0.3 is 8.85 Å². The Balaban J connectivity index is 3.98. The smallest absolute Gasteiger partial charge is 0.392 e. The number of carbonyl (C=O) groups is 1. The van der Waals surface area contributed by atoms with Crippen molar-refractivity contribution in [3.8, 4) is 0 Å². The van der Waals surface area contributed by atoms with Gasteiger partial charge in [-0.25, -0.2) is 0 Å². The predicted octanol–water partition coefficient (Wildman–Crippen LogP) is 0.964. The van der Waals surface area contributed by atoms with Crippen molar-refractivity contribution in [2.24, 2.45) is 0 Å². The lowest BCUT2D eigenvalue weighted by molar-refractivity contribution is -0.110. The van der Waals surface area contributed by atoms with E-state index in [0.717, 1.165) is 0 Å². The van der Waals surface area contributed by atoms with Gasteiger partial charge in [-0.1, -0.05) is 6.08 Å². The Morgan fingerprint density at radius 2 is 1.83 bits per heavy atom. The average Bonchev–Trinajstić information content (AvgIpc) is 2.04. The lowest BCUT2D eigenvalue weighted by Gasteiger charge is -2.10. The first-order valence-corrected chi connectivity index (χ1v) is 5.68. The molecule has 0 rings (SSSR count). The fourth-order valence-corrected chi connectivity index (χ4v) is 2.14.